The summed E-state index contributed by atoms with van der Waals surface area (Å²) >= 11 is 0. The summed E-state index contributed by atoms with van der Waals surface area (Å²) in [5.74, 6) is 0.351. The van der Waals surface area contributed by atoms with Crippen LogP contribution in [0.3, 0.4) is 0 Å². The molecule has 0 spiro atoms. The molecule has 2 rings (SSSR count). The van der Waals surface area contributed by atoms with E-state index in [-0.39, 0.29) is 11.5 Å². The number of hydrogen-bond donors (Lipinski definition) is 1. The molecule has 0 heterocycles. The van der Waals surface area contributed by atoms with Crippen molar-refractivity contribution in [1.29, 1.82) is 0 Å². The number of benzene rings is 1. The van der Waals surface area contributed by atoms with Gasteiger partial charge in [-0.15, -0.1) is 0 Å². The van der Waals surface area contributed by atoms with Gasteiger partial charge >= 0.3 is 0 Å². The highest BCUT2D eigenvalue weighted by atomic mass is 16.3. The Morgan fingerprint density at radius 3 is 2.42 bits per heavy atom. The molecule has 104 valence electrons. The van der Waals surface area contributed by atoms with Crippen LogP contribution in [-0.4, -0.2) is 34.9 Å². The summed E-state index contributed by atoms with van der Waals surface area (Å²) in [5, 5.41) is 9.25. The number of nitrogens with zero attached hydrogens (tertiary/aromatic N) is 1. The number of hydrogen-bond acceptors (Lipinski definition) is 3. The summed E-state index contributed by atoms with van der Waals surface area (Å²) in [6.07, 6.45) is 6.34. The Kier molecular flexibility index (Phi) is 4.97. The molecule has 1 fully saturated rings. The fraction of sp³-hybridized carbons (Fsp3) is 0.562. The number of aromatic hydroxyl groups is 1. The molecule has 3 nitrogen and oxygen atoms in total. The average molecular weight is 261 g/mol. The van der Waals surface area contributed by atoms with Crippen LogP contribution in [0.25, 0.3) is 0 Å². The number of ketones is 1. The van der Waals surface area contributed by atoms with Crippen LogP contribution in [0, 0.1) is 0 Å². The number of phenolic OH excluding ortho intramolecular Hbond substituents is 1. The minimum absolute atomic E-state index is 0.146. The molecule has 0 unspecified atom stereocenters. The van der Waals surface area contributed by atoms with Crippen LogP contribution in [0.15, 0.2) is 24.3 Å². The number of carbonyl (C=O) groups is 1. The zero-order valence-electron chi connectivity index (χ0n) is 11.6. The summed E-state index contributed by atoms with van der Waals surface area (Å²) < 4.78 is 0. The molecule has 0 bridgehead atoms. The Labute approximate surface area is 115 Å². The summed E-state index contributed by atoms with van der Waals surface area (Å²) in [6, 6.07) is 7.12. The first kappa shape index (κ1) is 14.1. The zero-order chi connectivity index (χ0) is 13.7. The highest BCUT2D eigenvalue weighted by Crippen LogP contribution is 2.22. The normalized spacial score (nSPS) is 16.7. The number of Topliss-reactive ketones (excluding diaryl/α,β-unsaturated/α-hetero) is 1. The van der Waals surface area contributed by atoms with Crippen LogP contribution >= 0.6 is 0 Å². The van der Waals surface area contributed by atoms with E-state index in [1.807, 2.05) is 0 Å². The van der Waals surface area contributed by atoms with Crippen molar-refractivity contribution in [2.75, 3.05) is 13.1 Å². The molecule has 1 aliphatic rings. The van der Waals surface area contributed by atoms with E-state index in [9.17, 15) is 9.90 Å². The molecular formula is C16H23NO2. The Bertz CT molecular complexity index is 407. The van der Waals surface area contributed by atoms with Crippen LogP contribution in [0.4, 0.5) is 0 Å². The van der Waals surface area contributed by atoms with E-state index < -0.39 is 0 Å². The van der Waals surface area contributed by atoms with Crippen LogP contribution in [0.5, 0.6) is 5.75 Å². The Balaban J connectivity index is 1.97. The SMILES string of the molecule is CCN(CC(=O)c1ccc(O)cc1)C1CCCCC1. The van der Waals surface area contributed by atoms with Crippen LogP contribution in [-0.2, 0) is 0 Å². The molecule has 1 saturated carbocycles. The van der Waals surface area contributed by atoms with Gasteiger partial charge in [-0.3, -0.25) is 9.69 Å². The lowest BCUT2D eigenvalue weighted by Crippen LogP contribution is -2.40. The number of phenols is 1. The van der Waals surface area contributed by atoms with Gasteiger partial charge < -0.3 is 5.11 Å². The van der Waals surface area contributed by atoms with Crippen LogP contribution in [0.2, 0.25) is 0 Å². The Hall–Kier alpha value is -1.35. The minimum atomic E-state index is 0.146. The van der Waals surface area contributed by atoms with Gasteiger partial charge in [0, 0.05) is 11.6 Å². The third kappa shape index (κ3) is 3.80. The summed E-state index contributed by atoms with van der Waals surface area (Å²) in [5.41, 5.74) is 0.687. The summed E-state index contributed by atoms with van der Waals surface area (Å²) in [4.78, 5) is 14.5. The molecule has 0 aromatic heterocycles. The quantitative estimate of drug-likeness (QED) is 0.827. The van der Waals surface area contributed by atoms with Crippen LogP contribution < -0.4 is 0 Å². The molecule has 0 atom stereocenters. The number of likely N-dealkylation sites (N-methyl/N-ethyl adjacent to an activating group) is 1. The molecule has 19 heavy (non-hydrogen) atoms. The molecular weight excluding hydrogens is 238 g/mol. The van der Waals surface area contributed by atoms with Crippen molar-refractivity contribution in [2.45, 2.75) is 45.1 Å². The molecule has 0 amide bonds. The van der Waals surface area contributed by atoms with Gasteiger partial charge in [-0.25, -0.2) is 0 Å². The minimum Gasteiger partial charge on any atom is -0.508 e. The molecule has 0 aliphatic heterocycles. The largest absolute Gasteiger partial charge is 0.508 e. The van der Waals surface area contributed by atoms with E-state index in [0.717, 1.165) is 6.54 Å². The number of rotatable bonds is 5. The van der Waals surface area contributed by atoms with Crippen molar-refractivity contribution in [1.82, 2.24) is 4.90 Å². The first-order chi connectivity index (χ1) is 9.20. The molecule has 1 aliphatic carbocycles. The van der Waals surface area contributed by atoms with Crippen molar-refractivity contribution >= 4 is 5.78 Å². The van der Waals surface area contributed by atoms with E-state index in [4.69, 9.17) is 0 Å². The van der Waals surface area contributed by atoms with E-state index in [0.29, 0.717) is 18.2 Å². The molecule has 3 heteroatoms. The predicted molar refractivity (Wildman–Crippen MR) is 76.6 cm³/mol. The second kappa shape index (κ2) is 6.71. The van der Waals surface area contributed by atoms with Gasteiger partial charge in [-0.05, 0) is 43.7 Å². The third-order valence-corrected chi connectivity index (χ3v) is 4.03. The van der Waals surface area contributed by atoms with Gasteiger partial charge in [0.05, 0.1) is 6.54 Å². The van der Waals surface area contributed by atoms with Gasteiger partial charge in [-0.2, -0.15) is 0 Å². The predicted octanol–water partition coefficient (Wildman–Crippen LogP) is 3.23. The lowest BCUT2D eigenvalue weighted by atomic mass is 9.94. The highest BCUT2D eigenvalue weighted by molar-refractivity contribution is 5.97. The topological polar surface area (TPSA) is 40.5 Å². The van der Waals surface area contributed by atoms with Crippen molar-refractivity contribution < 1.29 is 9.90 Å². The Morgan fingerprint density at radius 1 is 1.21 bits per heavy atom. The van der Waals surface area contributed by atoms with E-state index in [1.54, 1.807) is 24.3 Å². The maximum absolute atomic E-state index is 12.2. The first-order valence-electron chi connectivity index (χ1n) is 7.27. The van der Waals surface area contributed by atoms with Gasteiger partial charge in [-0.1, -0.05) is 26.2 Å². The lowest BCUT2D eigenvalue weighted by molar-refractivity contribution is 0.0868. The smallest absolute Gasteiger partial charge is 0.176 e. The Morgan fingerprint density at radius 2 is 1.84 bits per heavy atom. The van der Waals surface area contributed by atoms with E-state index >= 15 is 0 Å². The zero-order valence-corrected chi connectivity index (χ0v) is 11.6. The molecule has 0 saturated heterocycles. The second-order valence-corrected chi connectivity index (χ2v) is 5.32. The number of carbonyl (C=O) groups excluding carboxylic acids is 1. The van der Waals surface area contributed by atoms with E-state index in [2.05, 4.69) is 11.8 Å². The van der Waals surface area contributed by atoms with Crippen molar-refractivity contribution in [3.05, 3.63) is 29.8 Å². The monoisotopic (exact) mass is 261 g/mol. The van der Waals surface area contributed by atoms with Crippen molar-refractivity contribution in [3.63, 3.8) is 0 Å². The lowest BCUT2D eigenvalue weighted by Gasteiger charge is -2.33. The van der Waals surface area contributed by atoms with Gasteiger partial charge in [0.1, 0.15) is 5.75 Å². The van der Waals surface area contributed by atoms with Gasteiger partial charge in [0.15, 0.2) is 5.78 Å². The van der Waals surface area contributed by atoms with Crippen molar-refractivity contribution in [2.24, 2.45) is 0 Å². The fourth-order valence-corrected chi connectivity index (χ4v) is 2.87. The molecule has 0 radical (unpaired) electrons. The summed E-state index contributed by atoms with van der Waals surface area (Å²) in [6.45, 7) is 3.54. The molecule has 1 aromatic carbocycles. The van der Waals surface area contributed by atoms with E-state index in [1.165, 1.54) is 32.1 Å². The van der Waals surface area contributed by atoms with Crippen molar-refractivity contribution in [3.8, 4) is 5.75 Å². The van der Waals surface area contributed by atoms with Gasteiger partial charge in [0.2, 0.25) is 0 Å². The second-order valence-electron chi connectivity index (χ2n) is 5.32. The summed E-state index contributed by atoms with van der Waals surface area (Å²) in [7, 11) is 0. The third-order valence-electron chi connectivity index (χ3n) is 4.03. The maximum Gasteiger partial charge on any atom is 0.176 e. The average Bonchev–Trinajstić information content (AvgIpc) is 2.46. The molecule has 1 aromatic rings. The standard InChI is InChI=1S/C16H23NO2/c1-2-17(14-6-4-3-5-7-14)12-16(19)13-8-10-15(18)11-9-13/h8-11,14,18H,2-7,12H2,1H3. The molecule has 1 N–H and O–H groups in total. The van der Waals surface area contributed by atoms with Gasteiger partial charge in [0.25, 0.3) is 0 Å². The van der Waals surface area contributed by atoms with Crippen LogP contribution in [0.1, 0.15) is 49.4 Å². The highest BCUT2D eigenvalue weighted by Gasteiger charge is 2.22. The first-order valence-corrected chi connectivity index (χ1v) is 7.27. The fourth-order valence-electron chi connectivity index (χ4n) is 2.87. The maximum atomic E-state index is 12.2.